The van der Waals surface area contributed by atoms with Crippen LogP contribution in [0.3, 0.4) is 0 Å². The number of alkyl halides is 3. The van der Waals surface area contributed by atoms with E-state index in [0.717, 1.165) is 22.7 Å². The molecule has 0 amide bonds. The van der Waals surface area contributed by atoms with Crippen LogP contribution < -0.4 is 0 Å². The van der Waals surface area contributed by atoms with Crippen molar-refractivity contribution in [3.8, 4) is 5.13 Å². The molecule has 0 bridgehead atoms. The molecule has 92 valence electrons. The molecular weight excluding hydrogens is 317 g/mol. The second kappa shape index (κ2) is 4.13. The molecule has 0 radical (unpaired) electrons. The maximum Gasteiger partial charge on any atom is 0.435 e. The average Bonchev–Trinajstić information content (AvgIpc) is 2.69. The summed E-state index contributed by atoms with van der Waals surface area (Å²) in [5.41, 5.74) is 0.847. The van der Waals surface area contributed by atoms with E-state index in [-0.39, 0.29) is 3.79 Å². The monoisotopic (exact) mass is 324 g/mol. The van der Waals surface area contributed by atoms with Crippen molar-refractivity contribution in [3.63, 3.8) is 0 Å². The minimum absolute atomic E-state index is 0.00694. The Hall–Kier alpha value is -0.820. The van der Waals surface area contributed by atoms with Gasteiger partial charge in [0.2, 0.25) is 0 Å². The van der Waals surface area contributed by atoms with Crippen molar-refractivity contribution in [3.05, 3.63) is 33.0 Å². The molecule has 0 aliphatic rings. The van der Waals surface area contributed by atoms with Gasteiger partial charge >= 0.3 is 6.18 Å². The van der Waals surface area contributed by atoms with Gasteiger partial charge in [-0.15, -0.1) is 0 Å². The number of hydrogen-bond donors (Lipinski definition) is 0. The summed E-state index contributed by atoms with van der Waals surface area (Å²) in [4.78, 5) is 3.65. The van der Waals surface area contributed by atoms with Gasteiger partial charge in [-0.3, -0.25) is 4.57 Å². The number of thiazole rings is 1. The zero-order valence-corrected chi connectivity index (χ0v) is 11.4. The normalized spacial score (nSPS) is 12.1. The standard InChI is InChI=1S/C10H8BrF3N2S/c1-5-3-4-6(2)16(5)9-15-7(8(11)17-9)10(12,13)14/h3-4H,1-2H3. The van der Waals surface area contributed by atoms with Crippen molar-refractivity contribution in [2.75, 3.05) is 0 Å². The first-order valence-electron chi connectivity index (χ1n) is 4.69. The van der Waals surface area contributed by atoms with Crippen LogP contribution in [-0.4, -0.2) is 9.55 Å². The Bertz CT molecular complexity index is 537. The largest absolute Gasteiger partial charge is 0.435 e. The van der Waals surface area contributed by atoms with Crippen LogP contribution in [0, 0.1) is 13.8 Å². The van der Waals surface area contributed by atoms with E-state index in [0.29, 0.717) is 5.13 Å². The number of aromatic nitrogens is 2. The molecule has 0 unspecified atom stereocenters. The highest BCUT2D eigenvalue weighted by molar-refractivity contribution is 9.11. The molecule has 2 nitrogen and oxygen atoms in total. The quantitative estimate of drug-likeness (QED) is 0.763. The lowest BCUT2D eigenvalue weighted by atomic mass is 10.5. The first-order chi connectivity index (χ1) is 7.80. The number of hydrogen-bond acceptors (Lipinski definition) is 2. The first kappa shape index (κ1) is 12.6. The number of nitrogens with zero attached hydrogens (tertiary/aromatic N) is 2. The fourth-order valence-electron chi connectivity index (χ4n) is 1.53. The predicted molar refractivity (Wildman–Crippen MR) is 63.6 cm³/mol. The smallest absolute Gasteiger partial charge is 0.295 e. The molecule has 0 aromatic carbocycles. The van der Waals surface area contributed by atoms with E-state index in [2.05, 4.69) is 20.9 Å². The third-order valence-corrected chi connectivity index (χ3v) is 4.00. The lowest BCUT2D eigenvalue weighted by Gasteiger charge is -2.04. The highest BCUT2D eigenvalue weighted by Crippen LogP contribution is 2.39. The molecule has 0 aliphatic heterocycles. The van der Waals surface area contributed by atoms with Crippen molar-refractivity contribution >= 4 is 27.3 Å². The van der Waals surface area contributed by atoms with Crippen molar-refractivity contribution in [1.82, 2.24) is 9.55 Å². The topological polar surface area (TPSA) is 17.8 Å². The maximum atomic E-state index is 12.6. The summed E-state index contributed by atoms with van der Waals surface area (Å²) < 4.78 is 39.5. The van der Waals surface area contributed by atoms with E-state index in [1.807, 2.05) is 26.0 Å². The highest BCUT2D eigenvalue weighted by Gasteiger charge is 2.37. The van der Waals surface area contributed by atoms with Crippen LogP contribution in [0.1, 0.15) is 17.1 Å². The van der Waals surface area contributed by atoms with Gasteiger partial charge in [0.25, 0.3) is 0 Å². The van der Waals surface area contributed by atoms with Crippen LogP contribution in [-0.2, 0) is 6.18 Å². The van der Waals surface area contributed by atoms with Crippen molar-refractivity contribution in [2.24, 2.45) is 0 Å². The predicted octanol–water partition coefficient (Wildman–Crippen LogP) is 4.33. The van der Waals surface area contributed by atoms with Crippen molar-refractivity contribution in [2.45, 2.75) is 20.0 Å². The van der Waals surface area contributed by atoms with E-state index < -0.39 is 11.9 Å². The van der Waals surface area contributed by atoms with Crippen molar-refractivity contribution in [1.29, 1.82) is 0 Å². The molecule has 2 rings (SSSR count). The zero-order valence-electron chi connectivity index (χ0n) is 8.97. The van der Waals surface area contributed by atoms with Gasteiger partial charge in [-0.25, -0.2) is 4.98 Å². The van der Waals surface area contributed by atoms with E-state index >= 15 is 0 Å². The lowest BCUT2D eigenvalue weighted by Crippen LogP contribution is -2.07. The number of aryl methyl sites for hydroxylation is 2. The Kier molecular flexibility index (Phi) is 3.07. The Morgan fingerprint density at radius 3 is 2.18 bits per heavy atom. The van der Waals surface area contributed by atoms with Crippen LogP contribution in [0.25, 0.3) is 5.13 Å². The van der Waals surface area contributed by atoms with E-state index in [4.69, 9.17) is 0 Å². The molecule has 2 heterocycles. The molecule has 7 heteroatoms. The highest BCUT2D eigenvalue weighted by atomic mass is 79.9. The summed E-state index contributed by atoms with van der Waals surface area (Å²) in [6, 6.07) is 3.69. The molecule has 17 heavy (non-hydrogen) atoms. The summed E-state index contributed by atoms with van der Waals surface area (Å²) in [7, 11) is 0. The van der Waals surface area contributed by atoms with E-state index in [1.165, 1.54) is 0 Å². The second-order valence-corrected chi connectivity index (χ2v) is 5.86. The third-order valence-electron chi connectivity index (χ3n) is 2.31. The first-order valence-corrected chi connectivity index (χ1v) is 6.30. The van der Waals surface area contributed by atoms with E-state index in [1.54, 1.807) is 4.57 Å². The van der Waals surface area contributed by atoms with Gasteiger partial charge in [0, 0.05) is 11.4 Å². The van der Waals surface area contributed by atoms with Gasteiger partial charge in [-0.05, 0) is 41.9 Å². The lowest BCUT2D eigenvalue weighted by molar-refractivity contribution is -0.141. The Morgan fingerprint density at radius 2 is 1.76 bits per heavy atom. The summed E-state index contributed by atoms with van der Waals surface area (Å²) in [6.45, 7) is 3.66. The minimum atomic E-state index is -4.43. The maximum absolute atomic E-state index is 12.6. The Balaban J connectivity index is 2.56. The fraction of sp³-hybridized carbons (Fsp3) is 0.300. The average molecular weight is 325 g/mol. The summed E-state index contributed by atoms with van der Waals surface area (Å²) >= 11 is 3.89. The van der Waals surface area contributed by atoms with Crippen LogP contribution in [0.15, 0.2) is 15.9 Å². The molecular formula is C10H8BrF3N2S. The Morgan fingerprint density at radius 1 is 1.24 bits per heavy atom. The van der Waals surface area contributed by atoms with Gasteiger partial charge in [-0.2, -0.15) is 13.2 Å². The van der Waals surface area contributed by atoms with Crippen LogP contribution in [0.4, 0.5) is 13.2 Å². The molecule has 0 atom stereocenters. The molecule has 0 N–H and O–H groups in total. The zero-order chi connectivity index (χ0) is 12.8. The van der Waals surface area contributed by atoms with Crippen molar-refractivity contribution < 1.29 is 13.2 Å². The van der Waals surface area contributed by atoms with E-state index in [9.17, 15) is 13.2 Å². The molecule has 2 aromatic rings. The molecule has 0 aliphatic carbocycles. The van der Waals surface area contributed by atoms with Gasteiger partial charge in [0.05, 0.1) is 0 Å². The van der Waals surface area contributed by atoms with Crippen LogP contribution in [0.5, 0.6) is 0 Å². The number of rotatable bonds is 1. The van der Waals surface area contributed by atoms with Crippen LogP contribution >= 0.6 is 27.3 Å². The van der Waals surface area contributed by atoms with Gasteiger partial charge < -0.3 is 0 Å². The number of halogens is 4. The SMILES string of the molecule is Cc1ccc(C)n1-c1nc(C(F)(F)F)c(Br)s1. The minimum Gasteiger partial charge on any atom is -0.295 e. The molecule has 0 fully saturated rings. The summed E-state index contributed by atoms with van der Waals surface area (Å²) in [5.74, 6) is 0. The van der Waals surface area contributed by atoms with Gasteiger partial charge in [-0.1, -0.05) is 11.3 Å². The molecule has 2 aromatic heterocycles. The summed E-state index contributed by atoms with van der Waals surface area (Å²) in [5, 5.41) is 0.323. The van der Waals surface area contributed by atoms with Gasteiger partial charge in [0.1, 0.15) is 3.79 Å². The molecule has 0 saturated heterocycles. The van der Waals surface area contributed by atoms with Crippen LogP contribution in [0.2, 0.25) is 0 Å². The second-order valence-electron chi connectivity index (χ2n) is 3.57. The Labute approximate surface area is 108 Å². The molecule has 0 spiro atoms. The fourth-order valence-corrected chi connectivity index (χ4v) is 3.21. The van der Waals surface area contributed by atoms with Gasteiger partial charge in [0.15, 0.2) is 10.8 Å². The summed E-state index contributed by atoms with van der Waals surface area (Å²) in [6.07, 6.45) is -4.43. The third kappa shape index (κ3) is 2.26. The molecule has 0 saturated carbocycles.